The lowest BCUT2D eigenvalue weighted by Crippen LogP contribution is -1.98. The molecule has 0 aliphatic heterocycles. The van der Waals surface area contributed by atoms with Crippen LogP contribution in [0.15, 0.2) is 45.4 Å². The molecule has 0 amide bonds. The molecular formula is C15H12BrClN2O2. The van der Waals surface area contributed by atoms with Gasteiger partial charge in [-0.1, -0.05) is 23.7 Å². The summed E-state index contributed by atoms with van der Waals surface area (Å²) in [5.74, 6) is 1.55. The standard InChI is InChI=1S/C15H12BrClN2O2/c1-20-13-4-2-3-9-5-11(21-14(9)13)8-18-10-6-12(16)15(17)19-7-10/h2-7,18H,8H2,1H3. The molecule has 0 aliphatic carbocycles. The molecule has 0 saturated heterocycles. The van der Waals surface area contributed by atoms with E-state index in [1.165, 1.54) is 0 Å². The third-order valence-corrected chi connectivity index (χ3v) is 4.18. The Labute approximate surface area is 135 Å². The summed E-state index contributed by atoms with van der Waals surface area (Å²) in [6, 6.07) is 9.67. The van der Waals surface area contributed by atoms with Gasteiger partial charge in [-0.2, -0.15) is 0 Å². The van der Waals surface area contributed by atoms with Crippen molar-refractivity contribution < 1.29 is 9.15 Å². The molecule has 0 spiro atoms. The molecule has 2 heterocycles. The number of nitrogens with zero attached hydrogens (tertiary/aromatic N) is 1. The van der Waals surface area contributed by atoms with Gasteiger partial charge in [0.2, 0.25) is 0 Å². The van der Waals surface area contributed by atoms with Gasteiger partial charge >= 0.3 is 0 Å². The molecule has 0 saturated carbocycles. The lowest BCUT2D eigenvalue weighted by Gasteiger charge is -2.05. The number of fused-ring (bicyclic) bond motifs is 1. The number of methoxy groups -OCH3 is 1. The number of aromatic nitrogens is 1. The predicted molar refractivity (Wildman–Crippen MR) is 87.0 cm³/mol. The first kappa shape index (κ1) is 14.2. The van der Waals surface area contributed by atoms with E-state index >= 15 is 0 Å². The van der Waals surface area contributed by atoms with Crippen molar-refractivity contribution >= 4 is 44.2 Å². The number of nitrogens with one attached hydrogen (secondary N) is 1. The van der Waals surface area contributed by atoms with E-state index in [1.54, 1.807) is 13.3 Å². The molecule has 108 valence electrons. The number of rotatable bonds is 4. The van der Waals surface area contributed by atoms with Gasteiger partial charge in [0.05, 0.1) is 30.0 Å². The molecule has 0 atom stereocenters. The number of para-hydroxylation sites is 1. The fourth-order valence-electron chi connectivity index (χ4n) is 2.04. The lowest BCUT2D eigenvalue weighted by atomic mass is 10.2. The second kappa shape index (κ2) is 5.95. The molecule has 3 aromatic rings. The van der Waals surface area contributed by atoms with Crippen molar-refractivity contribution in [1.29, 1.82) is 0 Å². The zero-order valence-corrected chi connectivity index (χ0v) is 13.5. The summed E-state index contributed by atoms with van der Waals surface area (Å²) in [6.07, 6.45) is 1.68. The highest BCUT2D eigenvalue weighted by Gasteiger charge is 2.08. The quantitative estimate of drug-likeness (QED) is 0.669. The number of furan rings is 1. The predicted octanol–water partition coefficient (Wildman–Crippen LogP) is 4.86. The van der Waals surface area contributed by atoms with Crippen molar-refractivity contribution in [1.82, 2.24) is 4.98 Å². The molecule has 0 aliphatic rings. The van der Waals surface area contributed by atoms with Crippen molar-refractivity contribution in [3.8, 4) is 5.75 Å². The van der Waals surface area contributed by atoms with E-state index in [9.17, 15) is 0 Å². The fraction of sp³-hybridized carbons (Fsp3) is 0.133. The summed E-state index contributed by atoms with van der Waals surface area (Å²) in [7, 11) is 1.63. The number of pyridine rings is 1. The summed E-state index contributed by atoms with van der Waals surface area (Å²) in [5.41, 5.74) is 1.62. The summed E-state index contributed by atoms with van der Waals surface area (Å²) >= 11 is 9.21. The summed E-state index contributed by atoms with van der Waals surface area (Å²) in [4.78, 5) is 4.07. The van der Waals surface area contributed by atoms with Crippen LogP contribution in [0.3, 0.4) is 0 Å². The number of halogens is 2. The zero-order chi connectivity index (χ0) is 14.8. The van der Waals surface area contributed by atoms with E-state index in [0.717, 1.165) is 32.6 Å². The SMILES string of the molecule is COc1cccc2cc(CNc3cnc(Cl)c(Br)c3)oc12. The molecule has 6 heteroatoms. The molecular weight excluding hydrogens is 356 g/mol. The number of benzene rings is 1. The molecule has 0 unspecified atom stereocenters. The smallest absolute Gasteiger partial charge is 0.176 e. The molecule has 0 fully saturated rings. The molecule has 2 aromatic heterocycles. The van der Waals surface area contributed by atoms with E-state index in [-0.39, 0.29) is 0 Å². The van der Waals surface area contributed by atoms with E-state index < -0.39 is 0 Å². The van der Waals surface area contributed by atoms with Crippen LogP contribution in [0.1, 0.15) is 5.76 Å². The molecule has 0 bridgehead atoms. The topological polar surface area (TPSA) is 47.3 Å². The van der Waals surface area contributed by atoms with Crippen molar-refractivity contribution in [2.24, 2.45) is 0 Å². The first-order chi connectivity index (χ1) is 10.2. The van der Waals surface area contributed by atoms with Gasteiger partial charge in [-0.15, -0.1) is 0 Å². The van der Waals surface area contributed by atoms with Gasteiger partial charge in [-0.25, -0.2) is 4.98 Å². The highest BCUT2D eigenvalue weighted by Crippen LogP contribution is 2.29. The Balaban J connectivity index is 1.80. The summed E-state index contributed by atoms with van der Waals surface area (Å²) in [5, 5.41) is 4.70. The van der Waals surface area contributed by atoms with Gasteiger partial charge in [0, 0.05) is 5.39 Å². The van der Waals surface area contributed by atoms with Gasteiger partial charge < -0.3 is 14.5 Å². The van der Waals surface area contributed by atoms with Gasteiger partial charge in [0.15, 0.2) is 11.3 Å². The first-order valence-corrected chi connectivity index (χ1v) is 7.45. The first-order valence-electron chi connectivity index (χ1n) is 6.27. The van der Waals surface area contributed by atoms with Crippen LogP contribution in [-0.2, 0) is 6.54 Å². The number of hydrogen-bond donors (Lipinski definition) is 1. The Morgan fingerprint density at radius 2 is 2.24 bits per heavy atom. The minimum Gasteiger partial charge on any atom is -0.493 e. The monoisotopic (exact) mass is 366 g/mol. The van der Waals surface area contributed by atoms with Crippen molar-refractivity contribution in [2.75, 3.05) is 12.4 Å². The number of ether oxygens (including phenoxy) is 1. The Bertz CT molecular complexity index is 788. The largest absolute Gasteiger partial charge is 0.493 e. The van der Waals surface area contributed by atoms with Crippen molar-refractivity contribution in [2.45, 2.75) is 6.54 Å². The Kier molecular flexibility index (Phi) is 4.03. The van der Waals surface area contributed by atoms with Crippen LogP contribution in [0.5, 0.6) is 5.75 Å². The Morgan fingerprint density at radius 3 is 3.00 bits per heavy atom. The Hall–Kier alpha value is -1.72. The maximum atomic E-state index is 5.87. The third kappa shape index (κ3) is 2.99. The lowest BCUT2D eigenvalue weighted by molar-refractivity contribution is 0.408. The van der Waals surface area contributed by atoms with Crippen LogP contribution < -0.4 is 10.1 Å². The van der Waals surface area contributed by atoms with E-state index in [4.69, 9.17) is 20.8 Å². The molecule has 3 rings (SSSR count). The molecule has 4 nitrogen and oxygen atoms in total. The normalized spacial score (nSPS) is 10.8. The number of hydrogen-bond acceptors (Lipinski definition) is 4. The van der Waals surface area contributed by atoms with Crippen LogP contribution >= 0.6 is 27.5 Å². The summed E-state index contributed by atoms with van der Waals surface area (Å²) in [6.45, 7) is 0.549. The summed E-state index contributed by atoms with van der Waals surface area (Å²) < 4.78 is 11.9. The highest BCUT2D eigenvalue weighted by atomic mass is 79.9. The second-order valence-electron chi connectivity index (χ2n) is 4.44. The fourth-order valence-corrected chi connectivity index (χ4v) is 2.50. The van der Waals surface area contributed by atoms with Crippen LogP contribution in [0.4, 0.5) is 5.69 Å². The maximum Gasteiger partial charge on any atom is 0.176 e. The van der Waals surface area contributed by atoms with Crippen LogP contribution in [0.2, 0.25) is 5.15 Å². The van der Waals surface area contributed by atoms with Crippen molar-refractivity contribution in [3.63, 3.8) is 0 Å². The zero-order valence-electron chi connectivity index (χ0n) is 11.2. The minimum absolute atomic E-state index is 0.439. The number of anilines is 1. The van der Waals surface area contributed by atoms with Gasteiger partial charge in [0.25, 0.3) is 0 Å². The van der Waals surface area contributed by atoms with E-state index in [2.05, 4.69) is 26.2 Å². The van der Waals surface area contributed by atoms with E-state index in [0.29, 0.717) is 11.7 Å². The molecule has 1 aromatic carbocycles. The van der Waals surface area contributed by atoms with Gasteiger partial charge in [0.1, 0.15) is 10.9 Å². The van der Waals surface area contributed by atoms with E-state index in [1.807, 2.05) is 30.3 Å². The average Bonchev–Trinajstić information content (AvgIpc) is 2.91. The average molecular weight is 368 g/mol. The second-order valence-corrected chi connectivity index (χ2v) is 5.65. The van der Waals surface area contributed by atoms with Crippen LogP contribution in [0.25, 0.3) is 11.0 Å². The third-order valence-electron chi connectivity index (χ3n) is 3.04. The maximum absolute atomic E-state index is 5.87. The highest BCUT2D eigenvalue weighted by molar-refractivity contribution is 9.10. The van der Waals surface area contributed by atoms with Crippen molar-refractivity contribution in [3.05, 3.63) is 51.9 Å². The Morgan fingerprint density at radius 1 is 1.38 bits per heavy atom. The molecule has 21 heavy (non-hydrogen) atoms. The molecule has 0 radical (unpaired) electrons. The minimum atomic E-state index is 0.439. The van der Waals surface area contributed by atoms with Crippen LogP contribution in [-0.4, -0.2) is 12.1 Å². The van der Waals surface area contributed by atoms with Gasteiger partial charge in [-0.3, -0.25) is 0 Å². The van der Waals surface area contributed by atoms with Crippen LogP contribution in [0, 0.1) is 0 Å². The molecule has 1 N–H and O–H groups in total. The van der Waals surface area contributed by atoms with Gasteiger partial charge in [-0.05, 0) is 34.1 Å².